The van der Waals surface area contributed by atoms with E-state index >= 15 is 0 Å². The molecule has 0 spiro atoms. The molecule has 80 heavy (non-hydrogen) atoms. The molecule has 2 unspecified atom stereocenters. The first-order valence-electron chi connectivity index (χ1n) is 24.0. The molecule has 0 heterocycles. The lowest BCUT2D eigenvalue weighted by atomic mass is 10.0. The molecular formula is C59H58O16S5. The maximum Gasteiger partial charge on any atom is 0.357 e. The van der Waals surface area contributed by atoms with E-state index in [4.69, 9.17) is 28.0 Å². The number of rotatable bonds is 18. The molecule has 0 saturated carbocycles. The Kier molecular flexibility index (Phi) is 25.1. The van der Waals surface area contributed by atoms with Crippen LogP contribution in [-0.4, -0.2) is 48.0 Å². The van der Waals surface area contributed by atoms with Gasteiger partial charge in [0.25, 0.3) is 0 Å². The predicted octanol–water partition coefficient (Wildman–Crippen LogP) is 14.0. The zero-order chi connectivity index (χ0) is 58.5. The Labute approximate surface area is 479 Å². The lowest BCUT2D eigenvalue weighted by molar-refractivity contribution is -0.432. The summed E-state index contributed by atoms with van der Waals surface area (Å²) in [4.78, 5) is 26.8. The number of benzene rings is 8. The molecule has 0 amide bonds. The van der Waals surface area contributed by atoms with Crippen molar-refractivity contribution >= 4 is 68.2 Å². The maximum atomic E-state index is 12.6. The van der Waals surface area contributed by atoms with Gasteiger partial charge in [-0.3, -0.25) is 18.7 Å². The number of ketones is 2. The summed E-state index contributed by atoms with van der Waals surface area (Å²) >= 11 is -3.14. The van der Waals surface area contributed by atoms with Crippen LogP contribution in [0.15, 0.2) is 189 Å². The van der Waals surface area contributed by atoms with Crippen molar-refractivity contribution in [3.8, 4) is 11.5 Å². The normalized spacial score (nSPS) is 11.6. The van der Waals surface area contributed by atoms with Crippen LogP contribution in [0.2, 0.25) is 0 Å². The van der Waals surface area contributed by atoms with Crippen LogP contribution >= 0.6 is 24.1 Å². The quantitative estimate of drug-likeness (QED) is 0.0205. The van der Waals surface area contributed by atoms with Crippen LogP contribution in [0.25, 0.3) is 0 Å². The van der Waals surface area contributed by atoms with Crippen molar-refractivity contribution in [2.24, 2.45) is 0 Å². The number of sulfone groups is 1. The van der Waals surface area contributed by atoms with Crippen LogP contribution in [0.3, 0.4) is 0 Å². The van der Waals surface area contributed by atoms with E-state index in [2.05, 4.69) is 18.7 Å². The van der Waals surface area contributed by atoms with Crippen LogP contribution in [-0.2, 0) is 57.7 Å². The molecule has 8 aromatic carbocycles. The molecule has 0 aromatic heterocycles. The Morgan fingerprint density at radius 3 is 1.18 bits per heavy atom. The van der Waals surface area contributed by atoms with Gasteiger partial charge in [-0.05, 0) is 144 Å². The second-order valence-electron chi connectivity index (χ2n) is 17.9. The zero-order valence-corrected chi connectivity index (χ0v) is 48.7. The summed E-state index contributed by atoms with van der Waals surface area (Å²) in [5.41, 5.74) is 11.8. The van der Waals surface area contributed by atoms with Gasteiger partial charge in [-0.2, -0.15) is 8.42 Å². The Bertz CT molecular complexity index is 3420. The summed E-state index contributed by atoms with van der Waals surface area (Å²) in [7, 11) is -3.37. The van der Waals surface area contributed by atoms with Crippen molar-refractivity contribution in [2.75, 3.05) is 0 Å². The second-order valence-corrected chi connectivity index (χ2v) is 22.5. The van der Waals surface area contributed by atoms with Gasteiger partial charge in [0.2, 0.25) is 9.84 Å². The Morgan fingerprint density at radius 1 is 0.425 bits per heavy atom. The van der Waals surface area contributed by atoms with Crippen molar-refractivity contribution in [3.05, 3.63) is 248 Å². The zero-order valence-electron chi connectivity index (χ0n) is 44.6. The molecule has 420 valence electrons. The average molecular weight is 1180 g/mol. The van der Waals surface area contributed by atoms with Crippen molar-refractivity contribution in [3.63, 3.8) is 0 Å². The highest BCUT2D eigenvalue weighted by atomic mass is 32.2. The smallest absolute Gasteiger partial charge is 0.357 e. The first kappa shape index (κ1) is 64.2. The third-order valence-electron chi connectivity index (χ3n) is 11.7. The van der Waals surface area contributed by atoms with Gasteiger partial charge < -0.3 is 8.37 Å². The summed E-state index contributed by atoms with van der Waals surface area (Å²) in [5, 5.41) is 23.7. The van der Waals surface area contributed by atoms with Gasteiger partial charge in [0.1, 0.15) is 11.5 Å². The fraction of sp³-hybridized carbons (Fsp3) is 0.153. The number of hydrogen-bond acceptors (Lipinski definition) is 16. The summed E-state index contributed by atoms with van der Waals surface area (Å²) in [6.07, 6.45) is 0.614. The molecule has 0 bridgehead atoms. The number of carbonyl (C=O) groups excluding carboxylic acids is 2. The third-order valence-corrected chi connectivity index (χ3v) is 15.7. The minimum Gasteiger partial charge on any atom is -0.380 e. The molecule has 0 saturated heterocycles. The molecule has 21 heteroatoms. The van der Waals surface area contributed by atoms with Gasteiger partial charge in [-0.15, -0.1) is 8.67 Å². The average Bonchev–Trinajstić information content (AvgIpc) is 3.44. The van der Waals surface area contributed by atoms with Crippen molar-refractivity contribution < 1.29 is 73.2 Å². The summed E-state index contributed by atoms with van der Waals surface area (Å²) in [6.45, 7) is 15.1. The van der Waals surface area contributed by atoms with Gasteiger partial charge >= 0.3 is 22.7 Å². The van der Waals surface area contributed by atoms with Gasteiger partial charge in [0.05, 0.1) is 33.9 Å². The van der Waals surface area contributed by atoms with Crippen LogP contribution in [0.5, 0.6) is 11.5 Å². The first-order valence-corrected chi connectivity index (χ1v) is 29.0. The largest absolute Gasteiger partial charge is 0.380 e. The fourth-order valence-electron chi connectivity index (χ4n) is 7.16. The molecule has 0 aliphatic carbocycles. The van der Waals surface area contributed by atoms with E-state index in [-0.39, 0.29) is 17.3 Å². The van der Waals surface area contributed by atoms with E-state index in [0.29, 0.717) is 43.5 Å². The number of carbonyl (C=O) groups is 2. The maximum absolute atomic E-state index is 12.6. The van der Waals surface area contributed by atoms with Crippen molar-refractivity contribution in [2.45, 2.75) is 81.4 Å². The highest BCUT2D eigenvalue weighted by molar-refractivity contribution is 7.94. The van der Waals surface area contributed by atoms with Crippen LogP contribution < -0.4 is 8.37 Å². The monoisotopic (exact) mass is 1180 g/mol. The van der Waals surface area contributed by atoms with Crippen LogP contribution in [0.4, 0.5) is 0 Å². The van der Waals surface area contributed by atoms with E-state index < -0.39 is 32.6 Å². The van der Waals surface area contributed by atoms with Crippen LogP contribution in [0.1, 0.15) is 87.5 Å². The Morgan fingerprint density at radius 2 is 0.750 bits per heavy atom. The molecule has 0 fully saturated rings. The molecule has 0 aliphatic rings. The fourth-order valence-corrected chi connectivity index (χ4v) is 10.1. The molecule has 8 rings (SSSR count). The topological polar surface area (TPSA) is 239 Å². The second kappa shape index (κ2) is 31.4. The predicted molar refractivity (Wildman–Crippen MR) is 309 cm³/mol. The summed E-state index contributed by atoms with van der Waals surface area (Å²) < 4.78 is 82.4. The molecule has 16 nitrogen and oxygen atoms in total. The lowest BCUT2D eigenvalue weighted by Gasteiger charge is -2.09. The third kappa shape index (κ3) is 19.8. The highest BCUT2D eigenvalue weighted by Crippen LogP contribution is 2.30. The Hall–Kier alpha value is -6.67. The molecular weight excluding hydrogens is 1120 g/mol. The minimum absolute atomic E-state index is 0.0833. The molecule has 2 atom stereocenters. The van der Waals surface area contributed by atoms with E-state index in [1.807, 2.05) is 120 Å². The molecule has 4 N–H and O–H groups in total. The van der Waals surface area contributed by atoms with Gasteiger partial charge in [0.15, 0.2) is 11.6 Å². The summed E-state index contributed by atoms with van der Waals surface area (Å²) in [6, 6.07) is 50.1. The van der Waals surface area contributed by atoms with E-state index in [1.165, 1.54) is 17.2 Å². The van der Waals surface area contributed by atoms with Crippen LogP contribution in [0, 0.1) is 55.4 Å². The lowest BCUT2D eigenvalue weighted by Crippen LogP contribution is -2.05. The molecule has 0 radical (unpaired) electrons. The minimum atomic E-state index is -3.37. The molecule has 8 aromatic rings. The standard InChI is InChI=1S/C15H14O7S2.C15H16O6S2.C15H14O.C14H14O2S/c1-9-3-5-11(7-13(9)20-24(18)19)15(16)12-6-4-10(2)14(8-12)23-22-21-17;1-10-3-5-12(8-14(10)19-23(17)18)7-13-6-4-11(2)15(9-13)22-21-20-16;1-11-3-7-13(8-4-11)15(16)14-9-5-12(2)6-10-14;1-11-3-7-13(8-4-11)17(15,16)14-9-5-12(2)6-10-14/h3-8,17H,1-2H3,(H,18,19);3-6,8-9,16H,7H2,1-2H3,(H,17,18);3-10H,1-2H3;3-10H,1-2H3. The van der Waals surface area contributed by atoms with E-state index in [1.54, 1.807) is 98.8 Å². The van der Waals surface area contributed by atoms with Crippen molar-refractivity contribution in [1.29, 1.82) is 0 Å². The number of aryl methyl sites for hydroxylation is 8. The van der Waals surface area contributed by atoms with Gasteiger partial charge in [-0.1, -0.05) is 154 Å². The first-order chi connectivity index (χ1) is 38.1. The van der Waals surface area contributed by atoms with Crippen molar-refractivity contribution in [1.82, 2.24) is 0 Å². The highest BCUT2D eigenvalue weighted by Gasteiger charge is 2.18. The van der Waals surface area contributed by atoms with Gasteiger partial charge in [-0.25, -0.2) is 18.9 Å². The SMILES string of the molecule is Cc1ccc(C(=O)c2ccc(C)c(SOOO)c2)cc1OS(=O)O.Cc1ccc(C(=O)c2ccc(C)cc2)cc1.Cc1ccc(Cc2ccc(C)c(SOOO)c2)cc1OS(=O)O.Cc1ccc(S(=O)(=O)c2ccc(C)cc2)cc1. The summed E-state index contributed by atoms with van der Waals surface area (Å²) in [5.74, 6) is 0.317. The van der Waals surface area contributed by atoms with E-state index in [0.717, 1.165) is 79.1 Å². The van der Waals surface area contributed by atoms with E-state index in [9.17, 15) is 26.4 Å². The Balaban J connectivity index is 0.000000199. The molecule has 0 aliphatic heterocycles. The van der Waals surface area contributed by atoms with Gasteiger partial charge in [0, 0.05) is 32.0 Å². The number of hydrogen-bond donors (Lipinski definition) is 4.